The van der Waals surface area contributed by atoms with Crippen molar-refractivity contribution in [2.24, 2.45) is 0 Å². The zero-order chi connectivity index (χ0) is 20.1. The van der Waals surface area contributed by atoms with Crippen LogP contribution in [0, 0.1) is 0 Å². The van der Waals surface area contributed by atoms with E-state index in [1.807, 2.05) is 23.6 Å². The SMILES string of the molecule is CCN1CCN(Cc2ccccc2CNC(=O)c2cnc(-c3cccs3)s2)CC1. The van der Waals surface area contributed by atoms with Crippen LogP contribution in [0.4, 0.5) is 0 Å². The van der Waals surface area contributed by atoms with E-state index in [1.54, 1.807) is 17.5 Å². The molecule has 3 aromatic rings. The Balaban J connectivity index is 1.36. The van der Waals surface area contributed by atoms with Crippen LogP contribution in [-0.4, -0.2) is 53.4 Å². The van der Waals surface area contributed by atoms with E-state index in [4.69, 9.17) is 0 Å². The Morgan fingerprint density at radius 2 is 1.83 bits per heavy atom. The Labute approximate surface area is 180 Å². The Morgan fingerprint density at radius 1 is 1.07 bits per heavy atom. The molecule has 29 heavy (non-hydrogen) atoms. The minimum atomic E-state index is -0.0586. The standard InChI is InChI=1S/C22H26N4OS2/c1-2-25-9-11-26(12-10-25)16-18-7-4-3-6-17(18)14-23-21(27)20-15-24-22(29-20)19-8-5-13-28-19/h3-8,13,15H,2,9-12,14,16H2,1H3,(H,23,27). The lowest BCUT2D eigenvalue weighted by Gasteiger charge is -2.34. The average molecular weight is 427 g/mol. The summed E-state index contributed by atoms with van der Waals surface area (Å²) in [5.41, 5.74) is 2.48. The van der Waals surface area contributed by atoms with Crippen LogP contribution >= 0.6 is 22.7 Å². The summed E-state index contributed by atoms with van der Waals surface area (Å²) in [5.74, 6) is -0.0586. The molecule has 5 nitrogen and oxygen atoms in total. The molecule has 1 aliphatic rings. The summed E-state index contributed by atoms with van der Waals surface area (Å²) in [6.07, 6.45) is 1.67. The molecule has 4 rings (SSSR count). The first-order valence-corrected chi connectivity index (χ1v) is 11.7. The first kappa shape index (κ1) is 20.2. The minimum Gasteiger partial charge on any atom is -0.347 e. The van der Waals surface area contributed by atoms with Gasteiger partial charge in [-0.25, -0.2) is 4.98 Å². The van der Waals surface area contributed by atoms with Gasteiger partial charge in [-0.05, 0) is 29.1 Å². The number of rotatable bonds is 7. The van der Waals surface area contributed by atoms with Crippen LogP contribution in [0.3, 0.4) is 0 Å². The van der Waals surface area contributed by atoms with Crippen molar-refractivity contribution in [3.8, 4) is 9.88 Å². The van der Waals surface area contributed by atoms with Crippen LogP contribution in [0.25, 0.3) is 9.88 Å². The van der Waals surface area contributed by atoms with E-state index in [0.717, 1.165) is 49.2 Å². The number of aromatic nitrogens is 1. The van der Waals surface area contributed by atoms with Gasteiger partial charge >= 0.3 is 0 Å². The van der Waals surface area contributed by atoms with E-state index in [2.05, 4.69) is 45.2 Å². The second-order valence-corrected chi connectivity index (χ2v) is 9.15. The quantitative estimate of drug-likeness (QED) is 0.622. The van der Waals surface area contributed by atoms with E-state index in [1.165, 1.54) is 22.5 Å². The molecular formula is C22H26N4OS2. The molecule has 0 aliphatic carbocycles. The minimum absolute atomic E-state index is 0.0586. The normalized spacial score (nSPS) is 15.5. The van der Waals surface area contributed by atoms with E-state index in [-0.39, 0.29) is 5.91 Å². The van der Waals surface area contributed by atoms with Crippen LogP contribution in [0.15, 0.2) is 48.0 Å². The molecule has 152 valence electrons. The molecular weight excluding hydrogens is 400 g/mol. The van der Waals surface area contributed by atoms with Crippen molar-refractivity contribution in [2.75, 3.05) is 32.7 Å². The number of likely N-dealkylation sites (N-methyl/N-ethyl adjacent to an activating group) is 1. The van der Waals surface area contributed by atoms with Crippen molar-refractivity contribution in [2.45, 2.75) is 20.0 Å². The molecule has 0 radical (unpaired) electrons. The van der Waals surface area contributed by atoms with Gasteiger partial charge in [-0.15, -0.1) is 22.7 Å². The van der Waals surface area contributed by atoms with Crippen LogP contribution in [0.1, 0.15) is 27.7 Å². The van der Waals surface area contributed by atoms with Gasteiger partial charge in [0.05, 0.1) is 11.1 Å². The molecule has 2 aromatic heterocycles. The van der Waals surface area contributed by atoms with Crippen molar-refractivity contribution in [3.63, 3.8) is 0 Å². The molecule has 1 N–H and O–H groups in total. The summed E-state index contributed by atoms with van der Waals surface area (Å²) in [5, 5.41) is 6.00. The predicted molar refractivity (Wildman–Crippen MR) is 120 cm³/mol. The highest BCUT2D eigenvalue weighted by Crippen LogP contribution is 2.28. The van der Waals surface area contributed by atoms with Gasteiger partial charge in [0, 0.05) is 39.3 Å². The number of nitrogens with one attached hydrogen (secondary N) is 1. The number of thiophene rings is 1. The number of piperazine rings is 1. The molecule has 0 atom stereocenters. The summed E-state index contributed by atoms with van der Waals surface area (Å²) in [7, 11) is 0. The number of amides is 1. The summed E-state index contributed by atoms with van der Waals surface area (Å²) in [6.45, 7) is 9.29. The molecule has 1 amide bonds. The van der Waals surface area contributed by atoms with Gasteiger partial charge < -0.3 is 10.2 Å². The van der Waals surface area contributed by atoms with Crippen LogP contribution in [-0.2, 0) is 13.1 Å². The molecule has 1 saturated heterocycles. The van der Waals surface area contributed by atoms with Gasteiger partial charge in [-0.1, -0.05) is 37.3 Å². The molecule has 0 unspecified atom stereocenters. The van der Waals surface area contributed by atoms with E-state index in [0.29, 0.717) is 11.4 Å². The van der Waals surface area contributed by atoms with Crippen LogP contribution < -0.4 is 5.32 Å². The molecule has 0 bridgehead atoms. The van der Waals surface area contributed by atoms with Crippen molar-refractivity contribution >= 4 is 28.6 Å². The Morgan fingerprint density at radius 3 is 2.55 bits per heavy atom. The van der Waals surface area contributed by atoms with E-state index >= 15 is 0 Å². The maximum absolute atomic E-state index is 12.6. The first-order chi connectivity index (χ1) is 14.2. The monoisotopic (exact) mass is 426 g/mol. The number of carbonyl (C=O) groups excluding carboxylic acids is 1. The maximum Gasteiger partial charge on any atom is 0.263 e. The fourth-order valence-corrected chi connectivity index (χ4v) is 5.18. The average Bonchev–Trinajstić information content (AvgIpc) is 3.45. The second-order valence-electron chi connectivity index (χ2n) is 7.17. The number of carbonyl (C=O) groups is 1. The predicted octanol–water partition coefficient (Wildman–Crippen LogP) is 3.94. The summed E-state index contributed by atoms with van der Waals surface area (Å²) >= 11 is 3.08. The lowest BCUT2D eigenvalue weighted by atomic mass is 10.1. The molecule has 1 aliphatic heterocycles. The number of hydrogen-bond acceptors (Lipinski definition) is 6. The topological polar surface area (TPSA) is 48.5 Å². The van der Waals surface area contributed by atoms with Crippen molar-refractivity contribution in [1.82, 2.24) is 20.1 Å². The maximum atomic E-state index is 12.6. The van der Waals surface area contributed by atoms with E-state index in [9.17, 15) is 4.79 Å². The fourth-order valence-electron chi connectivity index (χ4n) is 3.54. The first-order valence-electron chi connectivity index (χ1n) is 10.0. The smallest absolute Gasteiger partial charge is 0.263 e. The van der Waals surface area contributed by atoms with Gasteiger partial charge in [0.1, 0.15) is 9.88 Å². The summed E-state index contributed by atoms with van der Waals surface area (Å²) in [6, 6.07) is 12.4. The number of thiazole rings is 1. The highest BCUT2D eigenvalue weighted by Gasteiger charge is 2.17. The summed E-state index contributed by atoms with van der Waals surface area (Å²) in [4.78, 5) is 23.8. The zero-order valence-corrected chi connectivity index (χ0v) is 18.3. The molecule has 3 heterocycles. The Hall–Kier alpha value is -2.06. The molecule has 0 saturated carbocycles. The third kappa shape index (κ3) is 5.11. The molecule has 1 fully saturated rings. The van der Waals surface area contributed by atoms with Crippen molar-refractivity contribution in [1.29, 1.82) is 0 Å². The Kier molecular flexibility index (Phi) is 6.71. The van der Waals surface area contributed by atoms with E-state index < -0.39 is 0 Å². The van der Waals surface area contributed by atoms with Gasteiger partial charge in [-0.3, -0.25) is 9.69 Å². The van der Waals surface area contributed by atoms with Gasteiger partial charge in [0.25, 0.3) is 5.91 Å². The number of benzene rings is 1. The molecule has 0 spiro atoms. The molecule has 7 heteroatoms. The third-order valence-corrected chi connectivity index (χ3v) is 7.36. The lowest BCUT2D eigenvalue weighted by molar-refractivity contribution is 0.0954. The van der Waals surface area contributed by atoms with Crippen LogP contribution in [0.5, 0.6) is 0 Å². The number of nitrogens with zero attached hydrogens (tertiary/aromatic N) is 3. The highest BCUT2D eigenvalue weighted by atomic mass is 32.1. The van der Waals surface area contributed by atoms with Gasteiger partial charge in [0.2, 0.25) is 0 Å². The van der Waals surface area contributed by atoms with Gasteiger partial charge in [-0.2, -0.15) is 0 Å². The number of hydrogen-bond donors (Lipinski definition) is 1. The highest BCUT2D eigenvalue weighted by molar-refractivity contribution is 7.21. The van der Waals surface area contributed by atoms with Crippen LogP contribution in [0.2, 0.25) is 0 Å². The van der Waals surface area contributed by atoms with Crippen molar-refractivity contribution in [3.05, 3.63) is 64.0 Å². The molecule has 1 aromatic carbocycles. The summed E-state index contributed by atoms with van der Waals surface area (Å²) < 4.78 is 0. The van der Waals surface area contributed by atoms with Gasteiger partial charge in [0.15, 0.2) is 0 Å². The largest absolute Gasteiger partial charge is 0.347 e. The fraction of sp³-hybridized carbons (Fsp3) is 0.364. The second kappa shape index (κ2) is 9.63. The Bertz CT molecular complexity index is 930. The third-order valence-electron chi connectivity index (χ3n) is 5.33. The van der Waals surface area contributed by atoms with Crippen molar-refractivity contribution < 1.29 is 4.79 Å². The lowest BCUT2D eigenvalue weighted by Crippen LogP contribution is -2.45. The zero-order valence-electron chi connectivity index (χ0n) is 16.6.